The summed E-state index contributed by atoms with van der Waals surface area (Å²) in [6.45, 7) is 3.51. The van der Waals surface area contributed by atoms with Crippen LogP contribution >= 0.6 is 12.6 Å². The molecule has 0 spiro atoms. The van der Waals surface area contributed by atoms with E-state index in [-0.39, 0.29) is 0 Å². The lowest BCUT2D eigenvalue weighted by Gasteiger charge is -2.29. The van der Waals surface area contributed by atoms with Crippen LogP contribution in [0.15, 0.2) is 0 Å². The van der Waals surface area contributed by atoms with Crippen molar-refractivity contribution >= 4 is 12.6 Å². The third-order valence-corrected chi connectivity index (χ3v) is 3.19. The molecule has 1 nitrogen and oxygen atoms in total. The lowest BCUT2D eigenvalue weighted by Crippen LogP contribution is -2.39. The lowest BCUT2D eigenvalue weighted by molar-refractivity contribution is 0.318. The molecule has 0 radical (unpaired) electrons. The normalized spacial score (nSPS) is 29.5. The zero-order valence-corrected chi connectivity index (χ0v) is 9.00. The van der Waals surface area contributed by atoms with Crippen LogP contribution in [0.3, 0.4) is 0 Å². The first-order valence-electron chi connectivity index (χ1n) is 5.19. The van der Waals surface area contributed by atoms with Crippen LogP contribution in [-0.4, -0.2) is 17.8 Å². The summed E-state index contributed by atoms with van der Waals surface area (Å²) < 4.78 is 0. The Bertz CT molecular complexity index is 119. The molecular formula is C10H21NS. The quantitative estimate of drug-likeness (QED) is 0.631. The number of hydrogen-bond acceptors (Lipinski definition) is 2. The molecule has 1 N–H and O–H groups in total. The second-order valence-electron chi connectivity index (χ2n) is 3.89. The molecule has 1 aliphatic rings. The summed E-state index contributed by atoms with van der Waals surface area (Å²) >= 11 is 4.27. The molecule has 0 aromatic heterocycles. The Labute approximate surface area is 81.7 Å². The van der Waals surface area contributed by atoms with Gasteiger partial charge in [0.05, 0.1) is 0 Å². The van der Waals surface area contributed by atoms with E-state index in [0.29, 0.717) is 5.54 Å². The fourth-order valence-corrected chi connectivity index (χ4v) is 2.47. The molecule has 0 saturated carbocycles. The van der Waals surface area contributed by atoms with Crippen molar-refractivity contribution in [3.63, 3.8) is 0 Å². The highest BCUT2D eigenvalue weighted by Gasteiger charge is 2.31. The third-order valence-electron chi connectivity index (χ3n) is 2.87. The molecule has 1 heterocycles. The van der Waals surface area contributed by atoms with Gasteiger partial charge in [0.2, 0.25) is 0 Å². The van der Waals surface area contributed by atoms with Crippen LogP contribution in [0.1, 0.15) is 45.4 Å². The van der Waals surface area contributed by atoms with Crippen LogP contribution in [0.4, 0.5) is 0 Å². The fraction of sp³-hybridized carbons (Fsp3) is 1.00. The summed E-state index contributed by atoms with van der Waals surface area (Å²) in [5, 5.41) is 3.67. The van der Waals surface area contributed by atoms with E-state index in [0.717, 1.165) is 5.75 Å². The summed E-state index contributed by atoms with van der Waals surface area (Å²) in [4.78, 5) is 0. The van der Waals surface area contributed by atoms with E-state index < -0.39 is 0 Å². The van der Waals surface area contributed by atoms with Crippen molar-refractivity contribution < 1.29 is 0 Å². The van der Waals surface area contributed by atoms with Crippen LogP contribution in [0.2, 0.25) is 0 Å². The molecule has 1 unspecified atom stereocenters. The Morgan fingerprint density at radius 3 is 2.75 bits per heavy atom. The highest BCUT2D eigenvalue weighted by molar-refractivity contribution is 7.80. The number of rotatable bonds is 5. The molecular weight excluding hydrogens is 166 g/mol. The Morgan fingerprint density at radius 1 is 1.42 bits per heavy atom. The molecule has 0 aliphatic carbocycles. The maximum atomic E-state index is 4.27. The van der Waals surface area contributed by atoms with Crippen molar-refractivity contribution in [1.82, 2.24) is 5.32 Å². The van der Waals surface area contributed by atoms with Crippen molar-refractivity contribution in [3.8, 4) is 0 Å². The number of hydrogen-bond donors (Lipinski definition) is 2. The molecule has 1 aliphatic heterocycles. The van der Waals surface area contributed by atoms with Gasteiger partial charge in [0.1, 0.15) is 0 Å². The van der Waals surface area contributed by atoms with Gasteiger partial charge in [0.25, 0.3) is 0 Å². The van der Waals surface area contributed by atoms with E-state index in [2.05, 4.69) is 24.9 Å². The highest BCUT2D eigenvalue weighted by atomic mass is 32.1. The van der Waals surface area contributed by atoms with Crippen molar-refractivity contribution in [2.24, 2.45) is 0 Å². The Balaban J connectivity index is 2.35. The van der Waals surface area contributed by atoms with Gasteiger partial charge in [-0.15, -0.1) is 0 Å². The van der Waals surface area contributed by atoms with Gasteiger partial charge in [-0.1, -0.05) is 13.3 Å². The zero-order chi connectivity index (χ0) is 8.86. The van der Waals surface area contributed by atoms with Gasteiger partial charge in [-0.25, -0.2) is 0 Å². The fourth-order valence-electron chi connectivity index (χ4n) is 2.32. The predicted molar refractivity (Wildman–Crippen MR) is 58.0 cm³/mol. The zero-order valence-electron chi connectivity index (χ0n) is 8.10. The minimum atomic E-state index is 0.497. The summed E-state index contributed by atoms with van der Waals surface area (Å²) in [5.74, 6) is 1.03. The van der Waals surface area contributed by atoms with Crippen molar-refractivity contribution in [2.75, 3.05) is 12.3 Å². The van der Waals surface area contributed by atoms with Crippen molar-refractivity contribution in [2.45, 2.75) is 51.0 Å². The predicted octanol–water partition coefficient (Wildman–Crippen LogP) is 2.62. The van der Waals surface area contributed by atoms with Gasteiger partial charge in [0, 0.05) is 5.54 Å². The van der Waals surface area contributed by atoms with E-state index in [1.54, 1.807) is 0 Å². The standard InChI is InChI=1S/C10H21NS/c1-2-5-10(7-4-9-12)6-3-8-11-10/h11-12H,2-9H2,1H3. The highest BCUT2D eigenvalue weighted by Crippen LogP contribution is 2.29. The molecule has 0 amide bonds. The summed E-state index contributed by atoms with van der Waals surface area (Å²) in [6, 6.07) is 0. The second-order valence-corrected chi connectivity index (χ2v) is 4.34. The Hall–Kier alpha value is 0.310. The molecule has 12 heavy (non-hydrogen) atoms. The molecule has 1 fully saturated rings. The smallest absolute Gasteiger partial charge is 0.0182 e. The van der Waals surface area contributed by atoms with E-state index in [4.69, 9.17) is 0 Å². The van der Waals surface area contributed by atoms with Crippen LogP contribution in [-0.2, 0) is 0 Å². The average molecular weight is 187 g/mol. The van der Waals surface area contributed by atoms with Gasteiger partial charge in [-0.3, -0.25) is 0 Å². The van der Waals surface area contributed by atoms with Gasteiger partial charge in [0.15, 0.2) is 0 Å². The first kappa shape index (κ1) is 10.4. The van der Waals surface area contributed by atoms with E-state index >= 15 is 0 Å². The summed E-state index contributed by atoms with van der Waals surface area (Å²) in [7, 11) is 0. The number of nitrogens with one attached hydrogen (secondary N) is 1. The van der Waals surface area contributed by atoms with E-state index in [1.165, 1.54) is 45.1 Å². The molecule has 72 valence electrons. The molecule has 2 heteroatoms. The van der Waals surface area contributed by atoms with Gasteiger partial charge in [-0.05, 0) is 44.4 Å². The minimum absolute atomic E-state index is 0.497. The maximum Gasteiger partial charge on any atom is 0.0182 e. The summed E-state index contributed by atoms with van der Waals surface area (Å²) in [5.41, 5.74) is 0.497. The molecule has 1 rings (SSSR count). The van der Waals surface area contributed by atoms with Gasteiger partial charge < -0.3 is 5.32 Å². The maximum absolute atomic E-state index is 4.27. The molecule has 0 bridgehead atoms. The van der Waals surface area contributed by atoms with Crippen LogP contribution in [0.25, 0.3) is 0 Å². The average Bonchev–Trinajstić information content (AvgIpc) is 2.51. The largest absolute Gasteiger partial charge is 0.311 e. The van der Waals surface area contributed by atoms with Crippen LogP contribution in [0, 0.1) is 0 Å². The molecule has 1 atom stereocenters. The Kier molecular flexibility index (Phi) is 4.44. The minimum Gasteiger partial charge on any atom is -0.311 e. The van der Waals surface area contributed by atoms with E-state index in [1.807, 2.05) is 0 Å². The van der Waals surface area contributed by atoms with Gasteiger partial charge in [-0.2, -0.15) is 12.6 Å². The Morgan fingerprint density at radius 2 is 2.25 bits per heavy atom. The van der Waals surface area contributed by atoms with Crippen LogP contribution in [0.5, 0.6) is 0 Å². The first-order valence-corrected chi connectivity index (χ1v) is 5.82. The molecule has 0 aromatic carbocycles. The first-order chi connectivity index (χ1) is 5.83. The topological polar surface area (TPSA) is 12.0 Å². The third kappa shape index (κ3) is 2.67. The molecule has 0 aromatic rings. The summed E-state index contributed by atoms with van der Waals surface area (Å²) in [6.07, 6.45) is 7.99. The van der Waals surface area contributed by atoms with Crippen LogP contribution < -0.4 is 5.32 Å². The monoisotopic (exact) mass is 187 g/mol. The van der Waals surface area contributed by atoms with Crippen molar-refractivity contribution in [1.29, 1.82) is 0 Å². The molecule has 1 saturated heterocycles. The lowest BCUT2D eigenvalue weighted by atomic mass is 9.87. The van der Waals surface area contributed by atoms with E-state index in [9.17, 15) is 0 Å². The SMILES string of the molecule is CCCC1(CCCS)CCCN1. The van der Waals surface area contributed by atoms with Crippen molar-refractivity contribution in [3.05, 3.63) is 0 Å². The number of thiol groups is 1. The second kappa shape index (κ2) is 5.13. The van der Waals surface area contributed by atoms with Gasteiger partial charge >= 0.3 is 0 Å².